The fourth-order valence-electron chi connectivity index (χ4n) is 2.80. The number of hydrogen-bond acceptors (Lipinski definition) is 5. The van der Waals surface area contributed by atoms with Crippen molar-refractivity contribution in [1.82, 2.24) is 20.0 Å². The Labute approximate surface area is 127 Å². The summed E-state index contributed by atoms with van der Waals surface area (Å²) in [7, 11) is 9.60. The van der Waals surface area contributed by atoms with Crippen LogP contribution in [-0.4, -0.2) is 62.7 Å². The first-order chi connectivity index (χ1) is 10.1. The van der Waals surface area contributed by atoms with Crippen molar-refractivity contribution in [2.75, 3.05) is 41.9 Å². The van der Waals surface area contributed by atoms with E-state index in [1.165, 1.54) is 12.8 Å². The second kappa shape index (κ2) is 7.24. The number of ether oxygens (including phenoxy) is 2. The van der Waals surface area contributed by atoms with Gasteiger partial charge in [0.25, 0.3) is 0 Å². The van der Waals surface area contributed by atoms with Crippen LogP contribution in [0.3, 0.4) is 0 Å². The largest absolute Gasteiger partial charge is 0.493 e. The van der Waals surface area contributed by atoms with E-state index in [1.54, 1.807) is 20.4 Å². The van der Waals surface area contributed by atoms with Gasteiger partial charge < -0.3 is 19.7 Å². The molecular weight excluding hydrogens is 268 g/mol. The highest BCUT2D eigenvalue weighted by atomic mass is 16.5. The molecule has 1 aliphatic carbocycles. The van der Waals surface area contributed by atoms with E-state index in [0.717, 1.165) is 24.5 Å². The zero-order chi connectivity index (χ0) is 15.4. The standard InChI is InChI=1S/C15H28N4O2/c1-16-13(15(21-5)11-6-7-11)14-12(20-4)10-17-19(14)9-8-18(2)3/h10-11,13,15-16H,6-9H2,1-5H3. The summed E-state index contributed by atoms with van der Waals surface area (Å²) in [6, 6.07) is 0.0992. The van der Waals surface area contributed by atoms with E-state index in [4.69, 9.17) is 9.47 Å². The third-order valence-corrected chi connectivity index (χ3v) is 4.12. The second-order valence-corrected chi connectivity index (χ2v) is 5.93. The molecule has 0 spiro atoms. The third-order valence-electron chi connectivity index (χ3n) is 4.12. The molecule has 1 saturated carbocycles. The SMILES string of the molecule is CNC(c1c(OC)cnn1CCN(C)C)C(OC)C1CC1. The van der Waals surface area contributed by atoms with Gasteiger partial charge in [0.15, 0.2) is 5.75 Å². The molecule has 1 aromatic heterocycles. The lowest BCUT2D eigenvalue weighted by atomic mass is 10.0. The van der Waals surface area contributed by atoms with Crippen LogP contribution in [-0.2, 0) is 11.3 Å². The Balaban J connectivity index is 2.26. The van der Waals surface area contributed by atoms with Crippen molar-refractivity contribution in [2.24, 2.45) is 5.92 Å². The molecule has 1 N–H and O–H groups in total. The molecule has 0 saturated heterocycles. The van der Waals surface area contributed by atoms with E-state index in [0.29, 0.717) is 5.92 Å². The van der Waals surface area contributed by atoms with Gasteiger partial charge in [-0.3, -0.25) is 4.68 Å². The number of aromatic nitrogens is 2. The van der Waals surface area contributed by atoms with Crippen molar-refractivity contribution < 1.29 is 9.47 Å². The zero-order valence-corrected chi connectivity index (χ0v) is 13.8. The molecule has 6 nitrogen and oxygen atoms in total. The molecule has 2 rings (SSSR count). The molecule has 1 fully saturated rings. The van der Waals surface area contributed by atoms with E-state index in [2.05, 4.69) is 29.4 Å². The van der Waals surface area contributed by atoms with Crippen LogP contribution in [0.4, 0.5) is 0 Å². The lowest BCUT2D eigenvalue weighted by Crippen LogP contribution is -2.35. The first-order valence-electron chi connectivity index (χ1n) is 7.56. The van der Waals surface area contributed by atoms with Gasteiger partial charge >= 0.3 is 0 Å². The van der Waals surface area contributed by atoms with Gasteiger partial charge in [-0.05, 0) is 39.9 Å². The number of methoxy groups -OCH3 is 2. The van der Waals surface area contributed by atoms with Gasteiger partial charge in [-0.25, -0.2) is 0 Å². The molecule has 2 unspecified atom stereocenters. The number of likely N-dealkylation sites (N-methyl/N-ethyl adjacent to an activating group) is 2. The highest BCUT2D eigenvalue weighted by Gasteiger charge is 2.39. The summed E-state index contributed by atoms with van der Waals surface area (Å²) >= 11 is 0. The van der Waals surface area contributed by atoms with Crippen LogP contribution in [0.15, 0.2) is 6.20 Å². The Hall–Kier alpha value is -1.11. The van der Waals surface area contributed by atoms with E-state index in [1.807, 2.05) is 11.7 Å². The van der Waals surface area contributed by atoms with Crippen molar-refractivity contribution in [3.8, 4) is 5.75 Å². The van der Waals surface area contributed by atoms with E-state index in [9.17, 15) is 0 Å². The van der Waals surface area contributed by atoms with Crippen LogP contribution in [0.1, 0.15) is 24.6 Å². The van der Waals surface area contributed by atoms with Crippen LogP contribution >= 0.6 is 0 Å². The summed E-state index contributed by atoms with van der Waals surface area (Å²) in [5, 5.41) is 7.89. The van der Waals surface area contributed by atoms with Crippen LogP contribution in [0.25, 0.3) is 0 Å². The molecule has 0 aliphatic heterocycles. The van der Waals surface area contributed by atoms with Gasteiger partial charge in [0.1, 0.15) is 0 Å². The number of nitrogens with zero attached hydrogens (tertiary/aromatic N) is 3. The fraction of sp³-hybridized carbons (Fsp3) is 0.800. The Morgan fingerprint density at radius 1 is 1.43 bits per heavy atom. The molecule has 21 heavy (non-hydrogen) atoms. The lowest BCUT2D eigenvalue weighted by Gasteiger charge is -2.27. The monoisotopic (exact) mass is 296 g/mol. The maximum absolute atomic E-state index is 5.76. The van der Waals surface area contributed by atoms with E-state index in [-0.39, 0.29) is 12.1 Å². The zero-order valence-electron chi connectivity index (χ0n) is 13.8. The molecule has 1 aliphatic rings. The van der Waals surface area contributed by atoms with Crippen molar-refractivity contribution >= 4 is 0 Å². The highest BCUT2D eigenvalue weighted by Crippen LogP contribution is 2.41. The minimum Gasteiger partial charge on any atom is -0.493 e. The second-order valence-electron chi connectivity index (χ2n) is 5.93. The van der Waals surface area contributed by atoms with Gasteiger partial charge in [-0.2, -0.15) is 5.10 Å². The first kappa shape index (κ1) is 16.3. The molecule has 0 bridgehead atoms. The first-order valence-corrected chi connectivity index (χ1v) is 7.56. The number of hydrogen-bond donors (Lipinski definition) is 1. The molecule has 6 heteroatoms. The Kier molecular flexibility index (Phi) is 5.61. The summed E-state index contributed by atoms with van der Waals surface area (Å²) in [5.41, 5.74) is 1.08. The van der Waals surface area contributed by atoms with Gasteiger partial charge in [0, 0.05) is 13.7 Å². The topological polar surface area (TPSA) is 51.5 Å². The summed E-state index contributed by atoms with van der Waals surface area (Å²) in [5.74, 6) is 1.46. The van der Waals surface area contributed by atoms with Crippen molar-refractivity contribution in [2.45, 2.75) is 31.5 Å². The number of nitrogens with one attached hydrogen (secondary N) is 1. The van der Waals surface area contributed by atoms with E-state index >= 15 is 0 Å². The van der Waals surface area contributed by atoms with Crippen LogP contribution in [0.5, 0.6) is 5.75 Å². The molecule has 0 aromatic carbocycles. The molecule has 2 atom stereocenters. The molecule has 120 valence electrons. The maximum atomic E-state index is 5.76. The molecule has 0 amide bonds. The van der Waals surface area contributed by atoms with Crippen LogP contribution < -0.4 is 10.1 Å². The smallest absolute Gasteiger partial charge is 0.161 e. The predicted octanol–water partition coefficient (Wildman–Crippen LogP) is 1.14. The lowest BCUT2D eigenvalue weighted by molar-refractivity contribution is 0.0494. The summed E-state index contributed by atoms with van der Waals surface area (Å²) in [6.45, 7) is 1.78. The predicted molar refractivity (Wildman–Crippen MR) is 82.7 cm³/mol. The molecular formula is C15H28N4O2. The average molecular weight is 296 g/mol. The minimum absolute atomic E-state index is 0.0992. The molecule has 1 heterocycles. The maximum Gasteiger partial charge on any atom is 0.161 e. The highest BCUT2D eigenvalue weighted by molar-refractivity contribution is 5.30. The van der Waals surface area contributed by atoms with Crippen LogP contribution in [0, 0.1) is 5.92 Å². The van der Waals surface area contributed by atoms with Crippen LogP contribution in [0.2, 0.25) is 0 Å². The Bertz CT molecular complexity index is 443. The molecule has 0 radical (unpaired) electrons. The summed E-state index contributed by atoms with van der Waals surface area (Å²) in [4.78, 5) is 2.15. The van der Waals surface area contributed by atoms with Crippen molar-refractivity contribution in [3.63, 3.8) is 0 Å². The summed E-state index contributed by atoms with van der Waals surface area (Å²) < 4.78 is 13.3. The van der Waals surface area contributed by atoms with Crippen molar-refractivity contribution in [1.29, 1.82) is 0 Å². The fourth-order valence-corrected chi connectivity index (χ4v) is 2.80. The molecule has 1 aromatic rings. The van der Waals surface area contributed by atoms with Gasteiger partial charge in [0.05, 0.1) is 37.7 Å². The normalized spacial score (nSPS) is 18.0. The Morgan fingerprint density at radius 3 is 2.62 bits per heavy atom. The summed E-state index contributed by atoms with van der Waals surface area (Å²) in [6.07, 6.45) is 4.45. The van der Waals surface area contributed by atoms with Crippen molar-refractivity contribution in [3.05, 3.63) is 11.9 Å². The quantitative estimate of drug-likeness (QED) is 0.740. The Morgan fingerprint density at radius 2 is 2.14 bits per heavy atom. The average Bonchev–Trinajstić information content (AvgIpc) is 3.22. The minimum atomic E-state index is 0.0992. The van der Waals surface area contributed by atoms with E-state index < -0.39 is 0 Å². The third kappa shape index (κ3) is 3.75. The van der Waals surface area contributed by atoms with Gasteiger partial charge in [-0.15, -0.1) is 0 Å². The number of rotatable bonds is 9. The van der Waals surface area contributed by atoms with Gasteiger partial charge in [0.2, 0.25) is 0 Å². The van der Waals surface area contributed by atoms with Gasteiger partial charge in [-0.1, -0.05) is 0 Å².